The predicted octanol–water partition coefficient (Wildman–Crippen LogP) is 22.7. The van der Waals surface area contributed by atoms with Crippen molar-refractivity contribution in [2.75, 3.05) is 78.5 Å². The van der Waals surface area contributed by atoms with Gasteiger partial charge in [0.2, 0.25) is 17.7 Å². The van der Waals surface area contributed by atoms with Gasteiger partial charge in [0, 0.05) is 110 Å². The summed E-state index contributed by atoms with van der Waals surface area (Å²) in [5, 5.41) is 9.66. The van der Waals surface area contributed by atoms with Crippen molar-refractivity contribution in [1.82, 2.24) is 30.7 Å². The molecule has 0 aromatic heterocycles. The lowest BCUT2D eigenvalue weighted by molar-refractivity contribution is -0.122. The van der Waals surface area contributed by atoms with Crippen LogP contribution in [0.4, 0.5) is 0 Å². The van der Waals surface area contributed by atoms with Crippen LogP contribution in [-0.4, -0.2) is 123 Å². The van der Waals surface area contributed by atoms with Gasteiger partial charge in [0.15, 0.2) is 0 Å². The first-order chi connectivity index (χ1) is 46.7. The van der Waals surface area contributed by atoms with Gasteiger partial charge in [-0.15, -0.1) is 0 Å². The monoisotopic (exact) mass is 1340 g/mol. The second-order valence-electron chi connectivity index (χ2n) is 29.6. The maximum absolute atomic E-state index is 13.5. The number of rotatable bonds is 81. The van der Waals surface area contributed by atoms with Crippen molar-refractivity contribution in [3.8, 4) is 0 Å². The van der Waals surface area contributed by atoms with Crippen molar-refractivity contribution in [2.45, 2.75) is 433 Å². The molecule has 0 bridgehead atoms. The summed E-state index contributed by atoms with van der Waals surface area (Å²) in [6, 6.07) is 0. The average molecular weight is 1340 g/mol. The number of carbonyl (C=O) groups is 5. The van der Waals surface area contributed by atoms with Gasteiger partial charge in [-0.1, -0.05) is 343 Å². The summed E-state index contributed by atoms with van der Waals surface area (Å²) in [6.45, 7) is 20.2. The topological polar surface area (TPSA) is 131 Å². The molecule has 0 saturated heterocycles. The molecule has 0 aromatic carbocycles. The molecule has 3 N–H and O–H groups in total. The summed E-state index contributed by atoms with van der Waals surface area (Å²) in [5.41, 5.74) is 0. The molecule has 0 heterocycles. The van der Waals surface area contributed by atoms with E-state index < -0.39 is 0 Å². The highest BCUT2D eigenvalue weighted by Gasteiger charge is 2.17. The van der Waals surface area contributed by atoms with E-state index in [-0.39, 0.29) is 17.7 Å². The van der Waals surface area contributed by atoms with E-state index in [1.165, 1.54) is 283 Å². The fourth-order valence-corrected chi connectivity index (χ4v) is 13.5. The van der Waals surface area contributed by atoms with Crippen molar-refractivity contribution >= 4 is 29.3 Å². The van der Waals surface area contributed by atoms with E-state index in [4.69, 9.17) is 0 Å². The average Bonchev–Trinajstić information content (AvgIpc) is 3.73. The smallest absolute Gasteiger partial charge is 0.221 e. The van der Waals surface area contributed by atoms with E-state index >= 15 is 0 Å². The molecule has 0 saturated carbocycles. The van der Waals surface area contributed by atoms with Gasteiger partial charge in [-0.05, 0) is 58.0 Å². The zero-order chi connectivity index (χ0) is 69.1. The number of nitrogens with one attached hydrogen (secondary N) is 3. The Kier molecular flexibility index (Phi) is 75.4. The number of amides is 3. The van der Waals surface area contributed by atoms with Gasteiger partial charge >= 0.3 is 0 Å². The maximum atomic E-state index is 13.5. The van der Waals surface area contributed by atoms with Gasteiger partial charge in [-0.2, -0.15) is 0 Å². The summed E-state index contributed by atoms with van der Waals surface area (Å²) in [5.74, 6) is 1.03. The highest BCUT2D eigenvalue weighted by molar-refractivity contribution is 5.79. The molecule has 0 aliphatic rings. The molecule has 0 aromatic rings. The predicted molar refractivity (Wildman–Crippen MR) is 413 cm³/mol. The van der Waals surface area contributed by atoms with Crippen LogP contribution >= 0.6 is 0 Å². The number of carbonyl (C=O) groups excluding carboxylic acids is 5. The Morgan fingerprint density at radius 3 is 0.600 bits per heavy atom. The van der Waals surface area contributed by atoms with Crippen molar-refractivity contribution in [2.24, 2.45) is 0 Å². The maximum Gasteiger partial charge on any atom is 0.221 e. The standard InChI is InChI=1S/C84H166N6O5/c1-6-11-16-21-26-31-36-38-43-48-54-61-80(91)63-73-90(74-64-81(92)62-55-49-44-39-37-32-27-22-17-12-7-2)79-78-89(77-67-84(95)87-70-58-52-47-42-35-30-25-20-15-10-5)72-60-53-59-71-88(75-65-82(93)85-68-56-50-45-40-33-28-23-18-13-8-3)76-66-83(94)86-69-57-51-46-41-34-29-24-19-14-9-4/h6-79H2,1-5H3,(H,85,93)(H,86,94)(H,87,95). The number of Topliss-reactive ketones (excluding diaryl/α,β-unsaturated/α-hetero) is 2. The number of hydrogen-bond donors (Lipinski definition) is 3. The molecule has 0 atom stereocenters. The molecule has 11 nitrogen and oxygen atoms in total. The molecular formula is C84H166N6O5. The molecule has 0 aliphatic heterocycles. The second-order valence-corrected chi connectivity index (χ2v) is 29.6. The van der Waals surface area contributed by atoms with Crippen LogP contribution < -0.4 is 16.0 Å². The van der Waals surface area contributed by atoms with Gasteiger partial charge in [-0.25, -0.2) is 0 Å². The minimum atomic E-state index is 0.107. The van der Waals surface area contributed by atoms with Crippen molar-refractivity contribution < 1.29 is 24.0 Å². The third kappa shape index (κ3) is 72.7. The first-order valence-electron chi connectivity index (χ1n) is 42.7. The highest BCUT2D eigenvalue weighted by atomic mass is 16.2. The Morgan fingerprint density at radius 1 is 0.179 bits per heavy atom. The van der Waals surface area contributed by atoms with Crippen LogP contribution in [0.5, 0.6) is 0 Å². The molecule has 0 radical (unpaired) electrons. The summed E-state index contributed by atoms with van der Waals surface area (Å²) in [7, 11) is 0. The second kappa shape index (κ2) is 77.4. The van der Waals surface area contributed by atoms with Gasteiger partial charge in [-0.3, -0.25) is 24.0 Å². The lowest BCUT2D eigenvalue weighted by Gasteiger charge is -2.28. The van der Waals surface area contributed by atoms with Crippen LogP contribution in [0.2, 0.25) is 0 Å². The van der Waals surface area contributed by atoms with Gasteiger partial charge in [0.05, 0.1) is 0 Å². The third-order valence-corrected chi connectivity index (χ3v) is 20.2. The third-order valence-electron chi connectivity index (χ3n) is 20.2. The summed E-state index contributed by atoms with van der Waals surface area (Å²) >= 11 is 0. The summed E-state index contributed by atoms with van der Waals surface area (Å²) < 4.78 is 0. The lowest BCUT2D eigenvalue weighted by Crippen LogP contribution is -2.39. The van der Waals surface area contributed by atoms with Crippen LogP contribution in [-0.2, 0) is 24.0 Å². The van der Waals surface area contributed by atoms with Crippen LogP contribution in [0, 0.1) is 0 Å². The van der Waals surface area contributed by atoms with Crippen LogP contribution in [0.1, 0.15) is 433 Å². The normalized spacial score (nSPS) is 11.7. The Balaban J connectivity index is 5.83. The fourth-order valence-electron chi connectivity index (χ4n) is 13.5. The Hall–Kier alpha value is -2.37. The van der Waals surface area contributed by atoms with E-state index in [0.717, 1.165) is 116 Å². The Bertz CT molecular complexity index is 1550. The lowest BCUT2D eigenvalue weighted by atomic mass is 10.0. The SMILES string of the molecule is CCCCCCCCCCCCCC(=O)CCN(CCC(=O)CCCCCCCCCCCCC)CCN(CCCCCN(CCC(=O)NCCCCCCCCCCCC)CCC(=O)NCCCCCCCCCCCC)CCC(=O)NCCCCCCCCCCCC. The fraction of sp³-hybridized carbons (Fsp3) is 0.940. The Labute approximate surface area is 592 Å². The van der Waals surface area contributed by atoms with Crippen LogP contribution in [0.15, 0.2) is 0 Å². The number of ketones is 2. The molecule has 0 fully saturated rings. The van der Waals surface area contributed by atoms with Crippen molar-refractivity contribution in [3.05, 3.63) is 0 Å². The molecular weight excluding hydrogens is 1170 g/mol. The molecule has 0 unspecified atom stereocenters. The first kappa shape index (κ1) is 92.6. The zero-order valence-electron chi connectivity index (χ0n) is 64.7. The van der Waals surface area contributed by atoms with Crippen LogP contribution in [0.3, 0.4) is 0 Å². The van der Waals surface area contributed by atoms with Crippen molar-refractivity contribution in [3.63, 3.8) is 0 Å². The molecule has 0 aliphatic carbocycles. The number of hydrogen-bond acceptors (Lipinski definition) is 8. The van der Waals surface area contributed by atoms with E-state index in [0.29, 0.717) is 89.2 Å². The quantitative estimate of drug-likeness (QED) is 0.0513. The Morgan fingerprint density at radius 2 is 0.358 bits per heavy atom. The number of unbranched alkanes of at least 4 members (excludes halogenated alkanes) is 49. The summed E-state index contributed by atoms with van der Waals surface area (Å²) in [6.07, 6.45) is 73.0. The minimum absolute atomic E-state index is 0.107. The first-order valence-corrected chi connectivity index (χ1v) is 42.7. The minimum Gasteiger partial charge on any atom is -0.356 e. The van der Waals surface area contributed by atoms with Gasteiger partial charge in [0.25, 0.3) is 0 Å². The molecule has 3 amide bonds. The highest BCUT2D eigenvalue weighted by Crippen LogP contribution is 2.18. The van der Waals surface area contributed by atoms with Gasteiger partial charge < -0.3 is 30.7 Å². The van der Waals surface area contributed by atoms with E-state index in [1.54, 1.807) is 0 Å². The van der Waals surface area contributed by atoms with Gasteiger partial charge in [0.1, 0.15) is 11.6 Å². The summed E-state index contributed by atoms with van der Waals surface area (Å²) in [4.78, 5) is 73.9. The van der Waals surface area contributed by atoms with E-state index in [1.807, 2.05) is 0 Å². The largest absolute Gasteiger partial charge is 0.356 e. The molecule has 0 rings (SSSR count). The number of nitrogens with zero attached hydrogens (tertiary/aromatic N) is 3. The molecule has 0 spiro atoms. The molecule has 11 heteroatoms. The molecule has 562 valence electrons. The van der Waals surface area contributed by atoms with E-state index in [2.05, 4.69) is 65.3 Å². The van der Waals surface area contributed by atoms with E-state index in [9.17, 15) is 24.0 Å². The van der Waals surface area contributed by atoms with Crippen molar-refractivity contribution in [1.29, 1.82) is 0 Å². The molecule has 95 heavy (non-hydrogen) atoms. The zero-order valence-corrected chi connectivity index (χ0v) is 64.7. The van der Waals surface area contributed by atoms with Crippen LogP contribution in [0.25, 0.3) is 0 Å².